The van der Waals surface area contributed by atoms with E-state index in [4.69, 9.17) is 0 Å². The summed E-state index contributed by atoms with van der Waals surface area (Å²) in [5, 5.41) is 19.9. The van der Waals surface area contributed by atoms with Crippen molar-refractivity contribution in [2.45, 2.75) is 31.5 Å². The fourth-order valence-electron chi connectivity index (χ4n) is 2.58. The Labute approximate surface area is 119 Å². The number of carbonyl (C=O) groups excluding carboxylic acids is 1. The molecule has 2 rings (SSSR count). The van der Waals surface area contributed by atoms with Gasteiger partial charge in [0.15, 0.2) is 0 Å². The van der Waals surface area contributed by atoms with Crippen LogP contribution in [0.5, 0.6) is 0 Å². The summed E-state index contributed by atoms with van der Waals surface area (Å²) in [5.41, 5.74) is 1.11. The third-order valence-corrected chi connectivity index (χ3v) is 3.58. The molecule has 1 fully saturated rings. The molecule has 4 N–H and O–H groups in total. The minimum Gasteiger partial charge on any atom is -0.389 e. The molecule has 0 aliphatic carbocycles. The average Bonchev–Trinajstić information content (AvgIpc) is 2.47. The maximum absolute atomic E-state index is 11.4. The summed E-state index contributed by atoms with van der Waals surface area (Å²) in [6, 6.07) is 9.58. The predicted molar refractivity (Wildman–Crippen MR) is 78.4 cm³/mol. The molecule has 0 aromatic heterocycles. The molecule has 1 amide bonds. The molecule has 5 heteroatoms. The third-order valence-electron chi connectivity index (χ3n) is 3.58. The van der Waals surface area contributed by atoms with Crippen molar-refractivity contribution in [3.8, 4) is 0 Å². The summed E-state index contributed by atoms with van der Waals surface area (Å²) in [6.45, 7) is 3.94. The summed E-state index contributed by atoms with van der Waals surface area (Å²) in [7, 11) is 0. The van der Waals surface area contributed by atoms with E-state index in [2.05, 4.69) is 16.0 Å². The van der Waals surface area contributed by atoms with Gasteiger partial charge in [0, 0.05) is 32.6 Å². The molecule has 3 atom stereocenters. The molecule has 1 heterocycles. The van der Waals surface area contributed by atoms with Crippen molar-refractivity contribution in [2.24, 2.45) is 0 Å². The largest absolute Gasteiger partial charge is 0.389 e. The second-order valence-corrected chi connectivity index (χ2v) is 5.25. The van der Waals surface area contributed by atoms with E-state index < -0.39 is 6.10 Å². The highest BCUT2D eigenvalue weighted by molar-refractivity contribution is 5.73. The van der Waals surface area contributed by atoms with E-state index in [0.29, 0.717) is 13.0 Å². The lowest BCUT2D eigenvalue weighted by Crippen LogP contribution is -2.60. The number of hydrogen-bond donors (Lipinski definition) is 4. The van der Waals surface area contributed by atoms with Gasteiger partial charge < -0.3 is 21.1 Å². The molecule has 20 heavy (non-hydrogen) atoms. The van der Waals surface area contributed by atoms with Crippen LogP contribution in [-0.4, -0.2) is 48.8 Å². The summed E-state index contributed by atoms with van der Waals surface area (Å²) >= 11 is 0. The van der Waals surface area contributed by atoms with Crippen LogP contribution >= 0.6 is 0 Å². The highest BCUT2D eigenvalue weighted by atomic mass is 16.3. The number of hydrogen-bond acceptors (Lipinski definition) is 4. The third kappa shape index (κ3) is 4.30. The van der Waals surface area contributed by atoms with Crippen molar-refractivity contribution < 1.29 is 9.90 Å². The number of benzene rings is 1. The Balaban J connectivity index is 2.03. The molecule has 0 spiro atoms. The van der Waals surface area contributed by atoms with Crippen LogP contribution in [0.2, 0.25) is 0 Å². The number of rotatable bonds is 5. The lowest BCUT2D eigenvalue weighted by Gasteiger charge is -2.33. The molecule has 1 aliphatic heterocycles. The van der Waals surface area contributed by atoms with Crippen molar-refractivity contribution in [3.63, 3.8) is 0 Å². The standard InChI is InChI=1S/C15H23N3O2/c1-11(19)18-13(9-12-5-3-2-4-6-12)15(20)14-10-16-7-8-17-14/h2-6,13-17,20H,7-10H2,1H3,(H,18,19). The van der Waals surface area contributed by atoms with E-state index in [1.165, 1.54) is 6.92 Å². The smallest absolute Gasteiger partial charge is 0.217 e. The number of aliphatic hydroxyl groups excluding tert-OH is 1. The van der Waals surface area contributed by atoms with Crippen molar-refractivity contribution in [1.29, 1.82) is 0 Å². The number of piperazine rings is 1. The minimum absolute atomic E-state index is 0.0377. The van der Waals surface area contributed by atoms with Crippen LogP contribution in [-0.2, 0) is 11.2 Å². The predicted octanol–water partition coefficient (Wildman–Crippen LogP) is -0.344. The number of aliphatic hydroxyl groups is 1. The van der Waals surface area contributed by atoms with E-state index in [0.717, 1.165) is 18.7 Å². The Hall–Kier alpha value is -1.43. The summed E-state index contributed by atoms with van der Waals surface area (Å²) in [5.74, 6) is -0.117. The van der Waals surface area contributed by atoms with Crippen LogP contribution in [0, 0.1) is 0 Å². The summed E-state index contributed by atoms with van der Waals surface area (Å²) in [4.78, 5) is 11.4. The van der Waals surface area contributed by atoms with E-state index >= 15 is 0 Å². The highest BCUT2D eigenvalue weighted by Gasteiger charge is 2.29. The second kappa shape index (κ2) is 7.38. The highest BCUT2D eigenvalue weighted by Crippen LogP contribution is 2.10. The molecule has 1 saturated heterocycles. The molecule has 5 nitrogen and oxygen atoms in total. The molecule has 0 radical (unpaired) electrons. The van der Waals surface area contributed by atoms with Gasteiger partial charge in [-0.2, -0.15) is 0 Å². The Kier molecular flexibility index (Phi) is 5.52. The van der Waals surface area contributed by atoms with Crippen molar-refractivity contribution in [2.75, 3.05) is 19.6 Å². The molecule has 3 unspecified atom stereocenters. The van der Waals surface area contributed by atoms with Gasteiger partial charge >= 0.3 is 0 Å². The van der Waals surface area contributed by atoms with Gasteiger partial charge in [0.05, 0.1) is 12.1 Å². The Bertz CT molecular complexity index is 418. The fraction of sp³-hybridized carbons (Fsp3) is 0.533. The number of amides is 1. The molecule has 1 aromatic rings. The second-order valence-electron chi connectivity index (χ2n) is 5.25. The van der Waals surface area contributed by atoms with Gasteiger partial charge in [-0.05, 0) is 12.0 Å². The number of carbonyl (C=O) groups is 1. The summed E-state index contributed by atoms with van der Waals surface area (Å²) in [6.07, 6.45) is 0.00616. The SMILES string of the molecule is CC(=O)NC(Cc1ccccc1)C(O)C1CNCCN1. The van der Waals surface area contributed by atoms with Gasteiger partial charge in [0.25, 0.3) is 0 Å². The normalized spacial score (nSPS) is 22.0. The van der Waals surface area contributed by atoms with Crippen molar-refractivity contribution in [3.05, 3.63) is 35.9 Å². The van der Waals surface area contributed by atoms with Crippen LogP contribution in [0.15, 0.2) is 30.3 Å². The lowest BCUT2D eigenvalue weighted by molar-refractivity contribution is -0.120. The van der Waals surface area contributed by atoms with E-state index in [1.807, 2.05) is 30.3 Å². The van der Waals surface area contributed by atoms with E-state index in [-0.39, 0.29) is 18.0 Å². The molecule has 1 aliphatic rings. The molecule has 0 bridgehead atoms. The lowest BCUT2D eigenvalue weighted by atomic mass is 9.95. The zero-order valence-corrected chi connectivity index (χ0v) is 11.8. The van der Waals surface area contributed by atoms with Crippen LogP contribution in [0.1, 0.15) is 12.5 Å². The molecule has 0 saturated carbocycles. The first-order valence-corrected chi connectivity index (χ1v) is 7.10. The molecular formula is C15H23N3O2. The fourth-order valence-corrected chi connectivity index (χ4v) is 2.58. The van der Waals surface area contributed by atoms with Crippen LogP contribution < -0.4 is 16.0 Å². The zero-order valence-electron chi connectivity index (χ0n) is 11.8. The Morgan fingerprint density at radius 2 is 2.15 bits per heavy atom. The van der Waals surface area contributed by atoms with Crippen LogP contribution in [0.25, 0.3) is 0 Å². The van der Waals surface area contributed by atoms with E-state index in [1.54, 1.807) is 0 Å². The van der Waals surface area contributed by atoms with Gasteiger partial charge in [-0.1, -0.05) is 30.3 Å². The average molecular weight is 277 g/mol. The van der Waals surface area contributed by atoms with Gasteiger partial charge in [-0.3, -0.25) is 4.79 Å². The van der Waals surface area contributed by atoms with Gasteiger partial charge in [-0.15, -0.1) is 0 Å². The molecular weight excluding hydrogens is 254 g/mol. The quantitative estimate of drug-likeness (QED) is 0.594. The van der Waals surface area contributed by atoms with Gasteiger partial charge in [0.1, 0.15) is 0 Å². The summed E-state index contributed by atoms with van der Waals surface area (Å²) < 4.78 is 0. The molecule has 1 aromatic carbocycles. The first kappa shape index (κ1) is 15.0. The van der Waals surface area contributed by atoms with Crippen LogP contribution in [0.3, 0.4) is 0 Å². The maximum atomic E-state index is 11.4. The zero-order chi connectivity index (χ0) is 14.4. The number of nitrogens with one attached hydrogen (secondary N) is 3. The first-order valence-electron chi connectivity index (χ1n) is 7.10. The van der Waals surface area contributed by atoms with Gasteiger partial charge in [-0.25, -0.2) is 0 Å². The minimum atomic E-state index is -0.619. The maximum Gasteiger partial charge on any atom is 0.217 e. The van der Waals surface area contributed by atoms with Crippen LogP contribution in [0.4, 0.5) is 0 Å². The monoisotopic (exact) mass is 277 g/mol. The molecule has 110 valence electrons. The van der Waals surface area contributed by atoms with Gasteiger partial charge in [0.2, 0.25) is 5.91 Å². The Morgan fingerprint density at radius 3 is 2.75 bits per heavy atom. The topological polar surface area (TPSA) is 73.4 Å². The Morgan fingerprint density at radius 1 is 1.40 bits per heavy atom. The first-order chi connectivity index (χ1) is 9.66. The van der Waals surface area contributed by atoms with E-state index in [9.17, 15) is 9.90 Å². The van der Waals surface area contributed by atoms with Crippen molar-refractivity contribution >= 4 is 5.91 Å². The van der Waals surface area contributed by atoms with Crippen molar-refractivity contribution in [1.82, 2.24) is 16.0 Å².